The Bertz CT molecular complexity index is 785. The second-order valence-electron chi connectivity index (χ2n) is 9.99. The van der Waals surface area contributed by atoms with Crippen LogP contribution in [0.5, 0.6) is 0 Å². The Kier molecular flexibility index (Phi) is 14.5. The Balaban J connectivity index is 1.80. The van der Waals surface area contributed by atoms with Gasteiger partial charge in [0.25, 0.3) is 0 Å². The lowest BCUT2D eigenvalue weighted by molar-refractivity contribution is -0.0524. The summed E-state index contributed by atoms with van der Waals surface area (Å²) < 4.78 is 12.3. The third-order valence-corrected chi connectivity index (χ3v) is 6.97. The molecule has 1 aliphatic carbocycles. The Hall–Kier alpha value is -2.12. The van der Waals surface area contributed by atoms with E-state index in [-0.39, 0.29) is 18.2 Å². The van der Waals surface area contributed by atoms with Gasteiger partial charge in [0.05, 0.1) is 31.0 Å². The highest BCUT2D eigenvalue weighted by atomic mass is 16.5. The van der Waals surface area contributed by atoms with Gasteiger partial charge in [-0.3, -0.25) is 0 Å². The van der Waals surface area contributed by atoms with Crippen molar-refractivity contribution in [3.63, 3.8) is 0 Å². The topological polar surface area (TPSA) is 88.1 Å². The number of nitrogens with one attached hydrogen (secondary N) is 1. The van der Waals surface area contributed by atoms with Gasteiger partial charge >= 0.3 is 12.0 Å². The smallest absolute Gasteiger partial charge is 0.336 e. The molecule has 0 heterocycles. The van der Waals surface area contributed by atoms with Crippen molar-refractivity contribution in [1.29, 1.82) is 0 Å². The van der Waals surface area contributed by atoms with E-state index in [4.69, 9.17) is 9.47 Å². The molecule has 2 N–H and O–H groups in total. The number of unbranched alkanes of at least 4 members (excludes halogenated alkanes) is 5. The van der Waals surface area contributed by atoms with Crippen molar-refractivity contribution in [2.75, 3.05) is 26.2 Å². The summed E-state index contributed by atoms with van der Waals surface area (Å²) in [4.78, 5) is 26.2. The van der Waals surface area contributed by atoms with Crippen molar-refractivity contribution in [3.05, 3.63) is 34.9 Å². The number of nitrogens with zero attached hydrogens (tertiary/aromatic N) is 1. The van der Waals surface area contributed by atoms with Crippen LogP contribution < -0.4 is 5.32 Å². The molecule has 1 aromatic rings. The van der Waals surface area contributed by atoms with E-state index < -0.39 is 5.97 Å². The molecule has 2 amide bonds. The predicted octanol–water partition coefficient (Wildman–Crippen LogP) is 6.32. The second-order valence-corrected chi connectivity index (χ2v) is 9.99. The molecule has 0 aliphatic heterocycles. The molecule has 7 heteroatoms. The van der Waals surface area contributed by atoms with Crippen LogP contribution in [0.3, 0.4) is 0 Å². The van der Waals surface area contributed by atoms with Crippen LogP contribution >= 0.6 is 0 Å². The number of carboxylic acids is 1. The van der Waals surface area contributed by atoms with Crippen molar-refractivity contribution in [2.24, 2.45) is 0 Å². The molecule has 1 aliphatic rings. The number of carbonyl (C=O) groups is 2. The highest BCUT2D eigenvalue weighted by molar-refractivity contribution is 5.91. The molecule has 0 saturated heterocycles. The van der Waals surface area contributed by atoms with Crippen molar-refractivity contribution >= 4 is 12.0 Å². The van der Waals surface area contributed by atoms with Crippen molar-refractivity contribution < 1.29 is 24.2 Å². The fourth-order valence-corrected chi connectivity index (χ4v) is 4.80. The minimum atomic E-state index is -0.912. The largest absolute Gasteiger partial charge is 0.478 e. The molecule has 204 valence electrons. The summed E-state index contributed by atoms with van der Waals surface area (Å²) in [5.41, 5.74) is 1.81. The van der Waals surface area contributed by atoms with Crippen LogP contribution in [0, 0.1) is 6.92 Å². The van der Waals surface area contributed by atoms with E-state index in [1.54, 1.807) is 0 Å². The third kappa shape index (κ3) is 10.9. The van der Waals surface area contributed by atoms with Crippen LogP contribution in [-0.2, 0) is 16.1 Å². The Morgan fingerprint density at radius 1 is 1.00 bits per heavy atom. The number of ether oxygens (including phenoxy) is 2. The normalized spacial score (nSPS) is 17.6. The quantitative estimate of drug-likeness (QED) is 0.242. The summed E-state index contributed by atoms with van der Waals surface area (Å²) in [6.45, 7) is 9.05. The van der Waals surface area contributed by atoms with Crippen LogP contribution in [-0.4, -0.2) is 60.5 Å². The molecule has 0 spiro atoms. The first-order chi connectivity index (χ1) is 17.5. The number of urea groups is 1. The van der Waals surface area contributed by atoms with Crippen molar-refractivity contribution in [3.8, 4) is 0 Å². The highest BCUT2D eigenvalue weighted by Crippen LogP contribution is 2.25. The highest BCUT2D eigenvalue weighted by Gasteiger charge is 2.24. The lowest BCUT2D eigenvalue weighted by atomic mass is 9.94. The van der Waals surface area contributed by atoms with E-state index in [0.717, 1.165) is 63.5 Å². The van der Waals surface area contributed by atoms with E-state index in [1.807, 2.05) is 30.0 Å². The third-order valence-electron chi connectivity index (χ3n) is 6.97. The van der Waals surface area contributed by atoms with E-state index in [1.165, 1.54) is 19.3 Å². The fourth-order valence-electron chi connectivity index (χ4n) is 4.80. The first kappa shape index (κ1) is 30.1. The van der Waals surface area contributed by atoms with Gasteiger partial charge in [0.1, 0.15) is 0 Å². The molecule has 1 fully saturated rings. The summed E-state index contributed by atoms with van der Waals surface area (Å²) in [5, 5.41) is 12.6. The molecule has 0 unspecified atom stereocenters. The summed E-state index contributed by atoms with van der Waals surface area (Å²) in [5.74, 6) is -0.912. The zero-order valence-corrected chi connectivity index (χ0v) is 22.7. The summed E-state index contributed by atoms with van der Waals surface area (Å²) in [6, 6.07) is 5.53. The van der Waals surface area contributed by atoms with Gasteiger partial charge in [-0.25, -0.2) is 9.59 Å². The van der Waals surface area contributed by atoms with Gasteiger partial charge in [-0.15, -0.1) is 0 Å². The lowest BCUT2D eigenvalue weighted by Gasteiger charge is -2.30. The first-order valence-electron chi connectivity index (χ1n) is 14.0. The Labute approximate surface area is 217 Å². The van der Waals surface area contributed by atoms with Crippen LogP contribution in [0.4, 0.5) is 4.79 Å². The van der Waals surface area contributed by atoms with Gasteiger partial charge in [0, 0.05) is 19.6 Å². The molecule has 2 atom stereocenters. The van der Waals surface area contributed by atoms with Crippen molar-refractivity contribution in [1.82, 2.24) is 10.2 Å². The molecule has 7 nitrogen and oxygen atoms in total. The first-order valence-corrected chi connectivity index (χ1v) is 14.0. The number of benzene rings is 1. The standard InChI is InChI=1S/C29H48N2O5/c1-4-6-8-9-10-18-31(29(34)30-17-7-5-2)19-20-35-25-15-12-16-26(21-25)36-22-24-14-11-13-23(3)27(24)28(32)33/h11,13-14,25-26H,4-10,12,15-22H2,1-3H3,(H,30,34)(H,32,33)/t25-,26+/m1/s1. The molecule has 1 aromatic carbocycles. The van der Waals surface area contributed by atoms with Crippen LogP contribution in [0.1, 0.15) is 106 Å². The van der Waals surface area contributed by atoms with Gasteiger partial charge in [0.15, 0.2) is 0 Å². The predicted molar refractivity (Wildman–Crippen MR) is 144 cm³/mol. The van der Waals surface area contributed by atoms with E-state index in [2.05, 4.69) is 19.2 Å². The number of rotatable bonds is 17. The number of aromatic carboxylic acids is 1. The maximum Gasteiger partial charge on any atom is 0.336 e. The number of aryl methyl sites for hydroxylation is 1. The van der Waals surface area contributed by atoms with Gasteiger partial charge < -0.3 is 24.8 Å². The number of carbonyl (C=O) groups excluding carboxylic acids is 1. The summed E-state index contributed by atoms with van der Waals surface area (Å²) in [6.07, 6.45) is 11.8. The molecular weight excluding hydrogens is 456 g/mol. The maximum absolute atomic E-state index is 12.7. The lowest BCUT2D eigenvalue weighted by Crippen LogP contribution is -2.43. The minimum absolute atomic E-state index is 0.0137. The minimum Gasteiger partial charge on any atom is -0.478 e. The number of hydrogen-bond donors (Lipinski definition) is 2. The molecule has 1 saturated carbocycles. The Morgan fingerprint density at radius 3 is 2.44 bits per heavy atom. The SMILES string of the molecule is CCCCCCCN(CCO[C@@H]1CCC[C@H](OCc2cccc(C)c2C(=O)O)C1)C(=O)NCCCC. The molecule has 0 aromatic heterocycles. The van der Waals surface area contributed by atoms with Gasteiger partial charge in [-0.2, -0.15) is 0 Å². The van der Waals surface area contributed by atoms with E-state index in [0.29, 0.717) is 37.4 Å². The summed E-state index contributed by atoms with van der Waals surface area (Å²) >= 11 is 0. The molecule has 36 heavy (non-hydrogen) atoms. The van der Waals surface area contributed by atoms with Crippen LogP contribution in [0.25, 0.3) is 0 Å². The zero-order chi connectivity index (χ0) is 26.2. The van der Waals surface area contributed by atoms with Crippen LogP contribution in [0.2, 0.25) is 0 Å². The van der Waals surface area contributed by atoms with Crippen LogP contribution in [0.15, 0.2) is 18.2 Å². The average molecular weight is 505 g/mol. The molecule has 0 bridgehead atoms. The molecule has 0 radical (unpaired) electrons. The van der Waals surface area contributed by atoms with Gasteiger partial charge in [-0.05, 0) is 56.6 Å². The average Bonchev–Trinajstić information content (AvgIpc) is 2.86. The van der Waals surface area contributed by atoms with E-state index >= 15 is 0 Å². The van der Waals surface area contributed by atoms with Gasteiger partial charge in [-0.1, -0.05) is 64.2 Å². The summed E-state index contributed by atoms with van der Waals surface area (Å²) in [7, 11) is 0. The molecular formula is C29H48N2O5. The van der Waals surface area contributed by atoms with E-state index in [9.17, 15) is 14.7 Å². The number of carboxylic acid groups (broad SMARTS) is 1. The zero-order valence-electron chi connectivity index (χ0n) is 22.7. The Morgan fingerprint density at radius 2 is 1.72 bits per heavy atom. The fraction of sp³-hybridized carbons (Fsp3) is 0.724. The van der Waals surface area contributed by atoms with Crippen molar-refractivity contribution in [2.45, 2.75) is 110 Å². The maximum atomic E-state index is 12.7. The number of hydrogen-bond acceptors (Lipinski definition) is 4. The monoisotopic (exact) mass is 504 g/mol. The van der Waals surface area contributed by atoms with Gasteiger partial charge in [0.2, 0.25) is 0 Å². The second kappa shape index (κ2) is 17.4. The molecule has 2 rings (SSSR count). The number of amides is 2.